The van der Waals surface area contributed by atoms with Crippen molar-refractivity contribution in [2.24, 2.45) is 0 Å². The van der Waals surface area contributed by atoms with Crippen LogP contribution in [0.25, 0.3) is 0 Å². The number of nitrogens with one attached hydrogen (secondary N) is 1. The first kappa shape index (κ1) is 15.3. The standard InChI is InChI=1S/C18H22N2OS/c1-13-9-14(2)11-15(10-13)19-18(21)12-20-7-3-5-16(20)17-6-4-8-22-17/h4,6,8-11,16H,3,5,7,12H2,1-2H3,(H,19,21). The second kappa shape index (κ2) is 6.63. The summed E-state index contributed by atoms with van der Waals surface area (Å²) in [5.74, 6) is 0.0773. The zero-order valence-electron chi connectivity index (χ0n) is 13.1. The van der Waals surface area contributed by atoms with E-state index in [0.717, 1.165) is 18.7 Å². The molecule has 0 bridgehead atoms. The molecule has 1 aromatic carbocycles. The van der Waals surface area contributed by atoms with Crippen molar-refractivity contribution in [3.8, 4) is 0 Å². The van der Waals surface area contributed by atoms with Crippen LogP contribution in [0.5, 0.6) is 0 Å². The van der Waals surface area contributed by atoms with E-state index in [4.69, 9.17) is 0 Å². The molecule has 1 saturated heterocycles. The molecule has 2 aromatic rings. The maximum Gasteiger partial charge on any atom is 0.238 e. The number of hydrogen-bond donors (Lipinski definition) is 1. The van der Waals surface area contributed by atoms with Crippen LogP contribution in [-0.4, -0.2) is 23.9 Å². The number of amides is 1. The lowest BCUT2D eigenvalue weighted by Crippen LogP contribution is -2.32. The van der Waals surface area contributed by atoms with Crippen LogP contribution in [0, 0.1) is 13.8 Å². The summed E-state index contributed by atoms with van der Waals surface area (Å²) < 4.78 is 0. The van der Waals surface area contributed by atoms with Crippen LogP contribution in [0.15, 0.2) is 35.7 Å². The van der Waals surface area contributed by atoms with Gasteiger partial charge in [0.15, 0.2) is 0 Å². The summed E-state index contributed by atoms with van der Waals surface area (Å²) in [4.78, 5) is 16.0. The van der Waals surface area contributed by atoms with Crippen LogP contribution >= 0.6 is 11.3 Å². The van der Waals surface area contributed by atoms with Crippen LogP contribution in [0.1, 0.15) is 34.9 Å². The van der Waals surface area contributed by atoms with Gasteiger partial charge in [0.1, 0.15) is 0 Å². The van der Waals surface area contributed by atoms with Gasteiger partial charge in [-0.05, 0) is 67.9 Å². The van der Waals surface area contributed by atoms with Crippen molar-refractivity contribution in [3.05, 3.63) is 51.7 Å². The minimum Gasteiger partial charge on any atom is -0.325 e. The Labute approximate surface area is 136 Å². The predicted molar refractivity (Wildman–Crippen MR) is 92.4 cm³/mol. The van der Waals surface area contributed by atoms with Gasteiger partial charge in [-0.15, -0.1) is 11.3 Å². The third-order valence-electron chi connectivity index (χ3n) is 4.09. The lowest BCUT2D eigenvalue weighted by Gasteiger charge is -2.23. The van der Waals surface area contributed by atoms with Crippen molar-refractivity contribution in [1.29, 1.82) is 0 Å². The van der Waals surface area contributed by atoms with Gasteiger partial charge in [0.2, 0.25) is 5.91 Å². The molecule has 3 rings (SSSR count). The van der Waals surface area contributed by atoms with E-state index in [0.29, 0.717) is 12.6 Å². The van der Waals surface area contributed by atoms with E-state index in [2.05, 4.69) is 47.6 Å². The molecule has 1 aromatic heterocycles. The first-order chi connectivity index (χ1) is 10.6. The molecule has 116 valence electrons. The van der Waals surface area contributed by atoms with Crippen molar-refractivity contribution < 1.29 is 4.79 Å². The molecule has 1 atom stereocenters. The molecular formula is C18H22N2OS. The molecule has 0 saturated carbocycles. The second-order valence-electron chi connectivity index (χ2n) is 6.07. The van der Waals surface area contributed by atoms with Gasteiger partial charge in [0, 0.05) is 16.6 Å². The fraction of sp³-hybridized carbons (Fsp3) is 0.389. The molecule has 0 spiro atoms. The first-order valence-corrected chi connectivity index (χ1v) is 8.65. The molecule has 1 unspecified atom stereocenters. The molecular weight excluding hydrogens is 292 g/mol. The second-order valence-corrected chi connectivity index (χ2v) is 7.05. The molecule has 3 nitrogen and oxygen atoms in total. The molecule has 1 aliphatic heterocycles. The number of nitrogens with zero attached hydrogens (tertiary/aromatic N) is 1. The summed E-state index contributed by atoms with van der Waals surface area (Å²) in [6, 6.07) is 10.8. The highest BCUT2D eigenvalue weighted by Gasteiger charge is 2.28. The van der Waals surface area contributed by atoms with E-state index >= 15 is 0 Å². The fourth-order valence-electron chi connectivity index (χ4n) is 3.25. The Morgan fingerprint density at radius 2 is 2.09 bits per heavy atom. The molecule has 1 aliphatic rings. The van der Waals surface area contributed by atoms with Gasteiger partial charge >= 0.3 is 0 Å². The summed E-state index contributed by atoms with van der Waals surface area (Å²) in [7, 11) is 0. The van der Waals surface area contributed by atoms with Crippen molar-refractivity contribution in [1.82, 2.24) is 4.90 Å². The maximum atomic E-state index is 12.4. The third kappa shape index (κ3) is 3.57. The largest absolute Gasteiger partial charge is 0.325 e. The van der Waals surface area contributed by atoms with Crippen LogP contribution < -0.4 is 5.32 Å². The van der Waals surface area contributed by atoms with Gasteiger partial charge in [-0.3, -0.25) is 9.69 Å². The van der Waals surface area contributed by atoms with E-state index in [1.165, 1.54) is 22.4 Å². The summed E-state index contributed by atoms with van der Waals surface area (Å²) in [5, 5.41) is 5.15. The predicted octanol–water partition coefficient (Wildman–Crippen LogP) is 4.14. The Morgan fingerprint density at radius 3 is 2.77 bits per heavy atom. The number of rotatable bonds is 4. The lowest BCUT2D eigenvalue weighted by molar-refractivity contribution is -0.117. The third-order valence-corrected chi connectivity index (χ3v) is 5.06. The number of anilines is 1. The Hall–Kier alpha value is -1.65. The molecule has 1 amide bonds. The number of carbonyl (C=O) groups excluding carboxylic acids is 1. The minimum absolute atomic E-state index is 0.0773. The van der Waals surface area contributed by atoms with Crippen molar-refractivity contribution in [2.75, 3.05) is 18.4 Å². The quantitative estimate of drug-likeness (QED) is 0.920. The van der Waals surface area contributed by atoms with Gasteiger partial charge in [0.25, 0.3) is 0 Å². The van der Waals surface area contributed by atoms with Gasteiger partial charge in [0.05, 0.1) is 6.54 Å². The fourth-order valence-corrected chi connectivity index (χ4v) is 4.15. The van der Waals surface area contributed by atoms with E-state index in [-0.39, 0.29) is 5.91 Å². The number of benzene rings is 1. The van der Waals surface area contributed by atoms with Crippen LogP contribution in [-0.2, 0) is 4.79 Å². The average Bonchev–Trinajstić information content (AvgIpc) is 3.07. The van der Waals surface area contributed by atoms with Crippen LogP contribution in [0.2, 0.25) is 0 Å². The highest BCUT2D eigenvalue weighted by atomic mass is 32.1. The number of aryl methyl sites for hydroxylation is 2. The number of thiophene rings is 1. The first-order valence-electron chi connectivity index (χ1n) is 7.77. The molecule has 0 radical (unpaired) electrons. The van der Waals surface area contributed by atoms with Crippen molar-refractivity contribution >= 4 is 22.9 Å². The zero-order chi connectivity index (χ0) is 15.5. The van der Waals surface area contributed by atoms with E-state index < -0.39 is 0 Å². The van der Waals surface area contributed by atoms with Gasteiger partial charge < -0.3 is 5.32 Å². The Morgan fingerprint density at radius 1 is 1.32 bits per heavy atom. The Bertz CT molecular complexity index is 631. The van der Waals surface area contributed by atoms with E-state index in [1.54, 1.807) is 11.3 Å². The van der Waals surface area contributed by atoms with Gasteiger partial charge in [-0.1, -0.05) is 12.1 Å². The lowest BCUT2D eigenvalue weighted by atomic mass is 10.1. The van der Waals surface area contributed by atoms with E-state index in [1.807, 2.05) is 12.1 Å². The van der Waals surface area contributed by atoms with Gasteiger partial charge in [-0.2, -0.15) is 0 Å². The summed E-state index contributed by atoms with van der Waals surface area (Å²) in [6.07, 6.45) is 2.32. The highest BCUT2D eigenvalue weighted by molar-refractivity contribution is 7.10. The Balaban J connectivity index is 1.63. The molecule has 2 heterocycles. The molecule has 4 heteroatoms. The topological polar surface area (TPSA) is 32.3 Å². The van der Waals surface area contributed by atoms with E-state index in [9.17, 15) is 4.79 Å². The highest BCUT2D eigenvalue weighted by Crippen LogP contribution is 2.34. The average molecular weight is 314 g/mol. The molecule has 22 heavy (non-hydrogen) atoms. The number of hydrogen-bond acceptors (Lipinski definition) is 3. The summed E-state index contributed by atoms with van der Waals surface area (Å²) >= 11 is 1.79. The smallest absolute Gasteiger partial charge is 0.238 e. The zero-order valence-corrected chi connectivity index (χ0v) is 14.0. The summed E-state index contributed by atoms with van der Waals surface area (Å²) in [5.41, 5.74) is 3.25. The number of likely N-dealkylation sites (tertiary alicyclic amines) is 1. The van der Waals surface area contributed by atoms with Gasteiger partial charge in [-0.25, -0.2) is 0 Å². The number of carbonyl (C=O) groups is 1. The SMILES string of the molecule is Cc1cc(C)cc(NC(=O)CN2CCCC2c2cccs2)c1. The Kier molecular flexibility index (Phi) is 4.60. The monoisotopic (exact) mass is 314 g/mol. The summed E-state index contributed by atoms with van der Waals surface area (Å²) in [6.45, 7) is 5.57. The maximum absolute atomic E-state index is 12.4. The normalized spacial score (nSPS) is 18.5. The van der Waals surface area contributed by atoms with Crippen molar-refractivity contribution in [3.63, 3.8) is 0 Å². The van der Waals surface area contributed by atoms with Crippen molar-refractivity contribution in [2.45, 2.75) is 32.7 Å². The molecule has 1 N–H and O–H groups in total. The molecule has 1 fully saturated rings. The van der Waals surface area contributed by atoms with Crippen LogP contribution in [0.4, 0.5) is 5.69 Å². The molecule has 0 aliphatic carbocycles. The van der Waals surface area contributed by atoms with Crippen LogP contribution in [0.3, 0.4) is 0 Å². The minimum atomic E-state index is 0.0773.